The molecule has 1 unspecified atom stereocenters. The van der Waals surface area contributed by atoms with Crippen LogP contribution in [-0.4, -0.2) is 36.6 Å². The SMILES string of the molecule is CCCOC1CCCN(C(=O)c2cc(Br)ccc2F)C1. The molecule has 0 spiro atoms. The molecule has 1 atom stereocenters. The first-order valence-electron chi connectivity index (χ1n) is 6.97. The minimum Gasteiger partial charge on any atom is -0.376 e. The van der Waals surface area contributed by atoms with Gasteiger partial charge in [-0.2, -0.15) is 0 Å². The summed E-state index contributed by atoms with van der Waals surface area (Å²) >= 11 is 3.27. The van der Waals surface area contributed by atoms with Crippen molar-refractivity contribution >= 4 is 21.8 Å². The second kappa shape index (κ2) is 7.18. The summed E-state index contributed by atoms with van der Waals surface area (Å²) in [6.07, 6.45) is 2.90. The van der Waals surface area contributed by atoms with E-state index in [1.54, 1.807) is 11.0 Å². The van der Waals surface area contributed by atoms with Crippen LogP contribution in [0.3, 0.4) is 0 Å². The lowest BCUT2D eigenvalue weighted by atomic mass is 10.1. The molecule has 1 aromatic carbocycles. The van der Waals surface area contributed by atoms with Gasteiger partial charge in [-0.25, -0.2) is 4.39 Å². The van der Waals surface area contributed by atoms with Gasteiger partial charge in [-0.15, -0.1) is 0 Å². The molecule has 0 aliphatic carbocycles. The molecule has 110 valence electrons. The Labute approximate surface area is 127 Å². The number of hydrogen-bond donors (Lipinski definition) is 0. The summed E-state index contributed by atoms with van der Waals surface area (Å²) in [7, 11) is 0. The summed E-state index contributed by atoms with van der Waals surface area (Å²) < 4.78 is 20.2. The molecule has 0 radical (unpaired) electrons. The summed E-state index contributed by atoms with van der Waals surface area (Å²) in [6, 6.07) is 4.44. The van der Waals surface area contributed by atoms with Crippen LogP contribution in [0.1, 0.15) is 36.5 Å². The number of amides is 1. The van der Waals surface area contributed by atoms with Crippen molar-refractivity contribution in [3.8, 4) is 0 Å². The van der Waals surface area contributed by atoms with E-state index in [0.717, 1.165) is 19.3 Å². The van der Waals surface area contributed by atoms with Crippen LogP contribution in [0.5, 0.6) is 0 Å². The topological polar surface area (TPSA) is 29.5 Å². The summed E-state index contributed by atoms with van der Waals surface area (Å²) in [5.74, 6) is -0.733. The number of ether oxygens (including phenoxy) is 1. The summed E-state index contributed by atoms with van der Waals surface area (Å²) in [6.45, 7) is 3.97. The number of rotatable bonds is 4. The summed E-state index contributed by atoms with van der Waals surface area (Å²) in [5, 5.41) is 0. The zero-order valence-corrected chi connectivity index (χ0v) is 13.2. The van der Waals surface area contributed by atoms with E-state index in [4.69, 9.17) is 4.74 Å². The number of halogens is 2. The van der Waals surface area contributed by atoms with E-state index < -0.39 is 5.82 Å². The van der Waals surface area contributed by atoms with E-state index in [-0.39, 0.29) is 17.6 Å². The largest absolute Gasteiger partial charge is 0.376 e. The van der Waals surface area contributed by atoms with E-state index in [2.05, 4.69) is 22.9 Å². The maximum atomic E-state index is 13.8. The first-order chi connectivity index (χ1) is 9.61. The van der Waals surface area contributed by atoms with Crippen molar-refractivity contribution in [2.75, 3.05) is 19.7 Å². The first-order valence-corrected chi connectivity index (χ1v) is 7.77. The third-order valence-electron chi connectivity index (χ3n) is 3.38. The molecule has 3 nitrogen and oxygen atoms in total. The fourth-order valence-corrected chi connectivity index (χ4v) is 2.74. The van der Waals surface area contributed by atoms with Gasteiger partial charge in [0, 0.05) is 24.2 Å². The van der Waals surface area contributed by atoms with Crippen LogP contribution >= 0.6 is 15.9 Å². The number of piperidine rings is 1. The van der Waals surface area contributed by atoms with Gasteiger partial charge >= 0.3 is 0 Å². The first kappa shape index (κ1) is 15.4. The highest BCUT2D eigenvalue weighted by molar-refractivity contribution is 9.10. The van der Waals surface area contributed by atoms with Gasteiger partial charge in [0.25, 0.3) is 5.91 Å². The van der Waals surface area contributed by atoms with Crippen molar-refractivity contribution in [2.45, 2.75) is 32.3 Å². The summed E-state index contributed by atoms with van der Waals surface area (Å²) in [5.41, 5.74) is 0.121. The Morgan fingerprint density at radius 2 is 2.35 bits per heavy atom. The molecular weight excluding hydrogens is 325 g/mol. The van der Waals surface area contributed by atoms with E-state index in [9.17, 15) is 9.18 Å². The fourth-order valence-electron chi connectivity index (χ4n) is 2.37. The smallest absolute Gasteiger partial charge is 0.256 e. The zero-order valence-electron chi connectivity index (χ0n) is 11.6. The number of hydrogen-bond acceptors (Lipinski definition) is 2. The molecule has 0 N–H and O–H groups in total. The van der Waals surface area contributed by atoms with Crippen molar-refractivity contribution < 1.29 is 13.9 Å². The van der Waals surface area contributed by atoms with Crippen LogP contribution in [0.4, 0.5) is 4.39 Å². The molecule has 1 saturated heterocycles. The quantitative estimate of drug-likeness (QED) is 0.835. The Hall–Kier alpha value is -0.940. The van der Waals surface area contributed by atoms with Gasteiger partial charge in [0.15, 0.2) is 0 Å². The molecule has 0 aromatic heterocycles. The maximum Gasteiger partial charge on any atom is 0.256 e. The average molecular weight is 344 g/mol. The van der Waals surface area contributed by atoms with Crippen molar-refractivity contribution in [3.63, 3.8) is 0 Å². The number of benzene rings is 1. The van der Waals surface area contributed by atoms with Crippen molar-refractivity contribution in [2.24, 2.45) is 0 Å². The second-order valence-corrected chi connectivity index (χ2v) is 5.93. The van der Waals surface area contributed by atoms with Gasteiger partial charge < -0.3 is 9.64 Å². The van der Waals surface area contributed by atoms with Gasteiger partial charge in [0.2, 0.25) is 0 Å². The van der Waals surface area contributed by atoms with Gasteiger partial charge in [-0.05, 0) is 37.5 Å². The van der Waals surface area contributed by atoms with Crippen molar-refractivity contribution in [3.05, 3.63) is 34.1 Å². The van der Waals surface area contributed by atoms with Crippen molar-refractivity contribution in [1.82, 2.24) is 4.90 Å². The normalized spacial score (nSPS) is 19.1. The monoisotopic (exact) mass is 343 g/mol. The maximum absolute atomic E-state index is 13.8. The summed E-state index contributed by atoms with van der Waals surface area (Å²) in [4.78, 5) is 14.1. The van der Waals surface area contributed by atoms with Gasteiger partial charge in [-0.1, -0.05) is 22.9 Å². The third-order valence-corrected chi connectivity index (χ3v) is 3.88. The molecular formula is C15H19BrFNO2. The van der Waals surface area contributed by atoms with Crippen LogP contribution in [0.15, 0.2) is 22.7 Å². The Balaban J connectivity index is 2.06. The lowest BCUT2D eigenvalue weighted by Gasteiger charge is -2.32. The van der Waals surface area contributed by atoms with Gasteiger partial charge in [0.05, 0.1) is 11.7 Å². The second-order valence-electron chi connectivity index (χ2n) is 5.01. The number of likely N-dealkylation sites (tertiary alicyclic amines) is 1. The van der Waals surface area contributed by atoms with Gasteiger partial charge in [-0.3, -0.25) is 4.79 Å². The Morgan fingerprint density at radius 3 is 3.10 bits per heavy atom. The zero-order chi connectivity index (χ0) is 14.5. The minimum atomic E-state index is -0.477. The number of nitrogens with zero attached hydrogens (tertiary/aromatic N) is 1. The molecule has 5 heteroatoms. The predicted octanol–water partition coefficient (Wildman–Crippen LogP) is 3.62. The molecule has 0 bridgehead atoms. The minimum absolute atomic E-state index is 0.0721. The molecule has 2 rings (SSSR count). The lowest BCUT2D eigenvalue weighted by Crippen LogP contribution is -2.43. The number of carbonyl (C=O) groups excluding carboxylic acids is 1. The highest BCUT2D eigenvalue weighted by Gasteiger charge is 2.26. The number of carbonyl (C=O) groups is 1. The molecule has 1 aromatic rings. The standard InChI is InChI=1S/C15H19BrFNO2/c1-2-8-20-12-4-3-7-18(10-12)15(19)13-9-11(16)5-6-14(13)17/h5-6,9,12H,2-4,7-8,10H2,1H3. The third kappa shape index (κ3) is 3.79. The fraction of sp³-hybridized carbons (Fsp3) is 0.533. The van der Waals surface area contributed by atoms with E-state index in [1.165, 1.54) is 12.1 Å². The van der Waals surface area contributed by atoms with E-state index in [1.807, 2.05) is 0 Å². The van der Waals surface area contributed by atoms with Crippen molar-refractivity contribution in [1.29, 1.82) is 0 Å². The molecule has 1 fully saturated rings. The Kier molecular flexibility index (Phi) is 5.54. The van der Waals surface area contributed by atoms with E-state index >= 15 is 0 Å². The Morgan fingerprint density at radius 1 is 1.55 bits per heavy atom. The highest BCUT2D eigenvalue weighted by Crippen LogP contribution is 2.20. The molecule has 0 saturated carbocycles. The molecule has 1 heterocycles. The van der Waals surface area contributed by atoms with E-state index in [0.29, 0.717) is 24.2 Å². The van der Waals surface area contributed by atoms with Crippen LogP contribution in [0.2, 0.25) is 0 Å². The molecule has 1 amide bonds. The molecule has 1 aliphatic heterocycles. The van der Waals surface area contributed by atoms with Crippen LogP contribution in [0, 0.1) is 5.82 Å². The Bertz CT molecular complexity index is 481. The lowest BCUT2D eigenvalue weighted by molar-refractivity contribution is 0.00196. The molecule has 1 aliphatic rings. The van der Waals surface area contributed by atoms with Crippen LogP contribution < -0.4 is 0 Å². The molecule has 20 heavy (non-hydrogen) atoms. The average Bonchev–Trinajstić information content (AvgIpc) is 2.47. The predicted molar refractivity (Wildman–Crippen MR) is 79.3 cm³/mol. The van der Waals surface area contributed by atoms with Crippen LogP contribution in [0.25, 0.3) is 0 Å². The van der Waals surface area contributed by atoms with Gasteiger partial charge in [0.1, 0.15) is 5.82 Å². The highest BCUT2D eigenvalue weighted by atomic mass is 79.9. The van der Waals surface area contributed by atoms with Crippen LogP contribution in [-0.2, 0) is 4.74 Å².